The maximum atomic E-state index is 12.3. The maximum absolute atomic E-state index is 12.3. The zero-order valence-corrected chi connectivity index (χ0v) is 17.2. The molecule has 0 saturated heterocycles. The number of Topliss-reactive ketones (excluding diaryl/α,β-unsaturated/α-hetero) is 1. The van der Waals surface area contributed by atoms with Gasteiger partial charge in [0.15, 0.2) is 0 Å². The Morgan fingerprint density at radius 2 is 2.00 bits per heavy atom. The van der Waals surface area contributed by atoms with E-state index in [0.29, 0.717) is 12.3 Å². The third kappa shape index (κ3) is 7.24. The van der Waals surface area contributed by atoms with E-state index < -0.39 is 12.2 Å². The van der Waals surface area contributed by atoms with Crippen LogP contribution in [-0.4, -0.2) is 52.3 Å². The number of carbonyl (C=O) groups is 2. The summed E-state index contributed by atoms with van der Waals surface area (Å²) in [5.74, 6) is 0.850. The van der Waals surface area contributed by atoms with Crippen molar-refractivity contribution in [3.63, 3.8) is 0 Å². The van der Waals surface area contributed by atoms with Gasteiger partial charge in [-0.2, -0.15) is 0 Å². The van der Waals surface area contributed by atoms with Crippen molar-refractivity contribution in [1.82, 2.24) is 0 Å². The van der Waals surface area contributed by atoms with Crippen molar-refractivity contribution in [3.8, 4) is 0 Å². The molecule has 0 aromatic carbocycles. The minimum absolute atomic E-state index is 0.101. The minimum Gasteiger partial charge on any atom is -0.469 e. The summed E-state index contributed by atoms with van der Waals surface area (Å²) in [4.78, 5) is 23.3. The number of aliphatic hydroxyl groups is 2. The second-order valence-electron chi connectivity index (χ2n) is 7.77. The van der Waals surface area contributed by atoms with Gasteiger partial charge < -0.3 is 14.9 Å². The quantitative estimate of drug-likeness (QED) is 0.334. The van der Waals surface area contributed by atoms with Crippen LogP contribution in [0.1, 0.15) is 64.2 Å². The van der Waals surface area contributed by atoms with Crippen molar-refractivity contribution in [1.29, 1.82) is 0 Å². The predicted molar refractivity (Wildman–Crippen MR) is 108 cm³/mol. The van der Waals surface area contributed by atoms with Gasteiger partial charge in [-0.05, 0) is 37.4 Å². The zero-order valence-electron chi connectivity index (χ0n) is 16.3. The molecule has 5 nitrogen and oxygen atoms in total. The van der Waals surface area contributed by atoms with Gasteiger partial charge in [0, 0.05) is 18.8 Å². The van der Waals surface area contributed by atoms with Gasteiger partial charge in [0.05, 0.1) is 24.6 Å². The Balaban J connectivity index is 1.77. The van der Waals surface area contributed by atoms with Crippen LogP contribution in [-0.2, 0) is 14.3 Å². The lowest BCUT2D eigenvalue weighted by molar-refractivity contribution is -0.140. The summed E-state index contributed by atoms with van der Waals surface area (Å²) in [5.41, 5.74) is 0. The summed E-state index contributed by atoms with van der Waals surface area (Å²) in [6.07, 6.45) is 11.6. The standard InChI is InChI=1S/C21H34O5S/c1-26-20(25)10-6-3-7-13-27-21-16(18(23)14-19(21)24)11-12-17(22)15-8-4-2-5-9-15/h11-12,15-18,21-23H,2-10,13-14H2,1H3/b12-11+/t16-,17+,18+,21-/m0/s1. The SMILES string of the molecule is COC(=O)CCCCCS[C@@H]1C(=O)C[C@@H](O)[C@@H]1/C=C/[C@@H](O)C1CCCCC1. The van der Waals surface area contributed by atoms with Crippen LogP contribution < -0.4 is 0 Å². The van der Waals surface area contributed by atoms with Crippen LogP contribution in [0.2, 0.25) is 0 Å². The molecule has 0 radical (unpaired) electrons. The molecule has 0 aromatic heterocycles. The lowest BCUT2D eigenvalue weighted by Gasteiger charge is -2.25. The van der Waals surface area contributed by atoms with Crippen molar-refractivity contribution in [3.05, 3.63) is 12.2 Å². The van der Waals surface area contributed by atoms with Crippen LogP contribution in [0.3, 0.4) is 0 Å². The molecule has 2 rings (SSSR count). The van der Waals surface area contributed by atoms with Crippen molar-refractivity contribution in [2.24, 2.45) is 11.8 Å². The molecule has 0 aromatic rings. The highest BCUT2D eigenvalue weighted by molar-refractivity contribution is 8.00. The highest BCUT2D eigenvalue weighted by atomic mass is 32.2. The van der Waals surface area contributed by atoms with E-state index in [1.165, 1.54) is 26.4 Å². The number of ether oxygens (including phenoxy) is 1. The fourth-order valence-electron chi connectivity index (χ4n) is 4.04. The highest BCUT2D eigenvalue weighted by Crippen LogP contribution is 2.35. The summed E-state index contributed by atoms with van der Waals surface area (Å²) in [6.45, 7) is 0. The highest BCUT2D eigenvalue weighted by Gasteiger charge is 2.40. The van der Waals surface area contributed by atoms with Crippen LogP contribution in [0.15, 0.2) is 12.2 Å². The Morgan fingerprint density at radius 3 is 2.70 bits per heavy atom. The first-order valence-corrected chi connectivity index (χ1v) is 11.3. The minimum atomic E-state index is -0.649. The number of carbonyl (C=O) groups excluding carboxylic acids is 2. The van der Waals surface area contributed by atoms with E-state index in [2.05, 4.69) is 4.74 Å². The summed E-state index contributed by atoms with van der Waals surface area (Å²) < 4.78 is 4.62. The Hall–Kier alpha value is -0.850. The van der Waals surface area contributed by atoms with Gasteiger partial charge in [0.25, 0.3) is 0 Å². The molecule has 0 amide bonds. The van der Waals surface area contributed by atoms with Crippen LogP contribution in [0.5, 0.6) is 0 Å². The lowest BCUT2D eigenvalue weighted by atomic mass is 9.85. The second-order valence-corrected chi connectivity index (χ2v) is 9.02. The Bertz CT molecular complexity index is 501. The number of methoxy groups -OCH3 is 1. The summed E-state index contributed by atoms with van der Waals surface area (Å²) in [5, 5.41) is 20.5. The predicted octanol–water partition coefficient (Wildman–Crippen LogP) is 3.27. The molecule has 2 aliphatic carbocycles. The maximum Gasteiger partial charge on any atom is 0.305 e. The second kappa shape index (κ2) is 11.9. The van der Waals surface area contributed by atoms with Crippen molar-refractivity contribution >= 4 is 23.5 Å². The van der Waals surface area contributed by atoms with E-state index in [1.54, 1.807) is 11.8 Å². The van der Waals surface area contributed by atoms with Crippen molar-refractivity contribution in [2.45, 2.75) is 81.7 Å². The fraction of sp³-hybridized carbons (Fsp3) is 0.810. The molecular weight excluding hydrogens is 364 g/mol. The number of aliphatic hydroxyl groups excluding tert-OH is 2. The number of unbranched alkanes of at least 4 members (excludes halogenated alkanes) is 2. The molecule has 2 aliphatic rings. The molecule has 2 N–H and O–H groups in total. The molecule has 4 atom stereocenters. The number of esters is 1. The average Bonchev–Trinajstić information content (AvgIpc) is 2.95. The third-order valence-electron chi connectivity index (χ3n) is 5.74. The molecule has 0 bridgehead atoms. The molecule has 27 heavy (non-hydrogen) atoms. The van der Waals surface area contributed by atoms with E-state index in [-0.39, 0.29) is 29.3 Å². The lowest BCUT2D eigenvalue weighted by Crippen LogP contribution is -2.24. The number of rotatable bonds is 10. The summed E-state index contributed by atoms with van der Waals surface area (Å²) >= 11 is 1.60. The normalized spacial score (nSPS) is 28.0. The monoisotopic (exact) mass is 398 g/mol. The van der Waals surface area contributed by atoms with Crippen molar-refractivity contribution < 1.29 is 24.5 Å². The molecule has 154 valence electrons. The van der Waals surface area contributed by atoms with E-state index in [0.717, 1.165) is 37.9 Å². The van der Waals surface area contributed by atoms with E-state index in [4.69, 9.17) is 0 Å². The van der Waals surface area contributed by atoms with Crippen LogP contribution in [0.25, 0.3) is 0 Å². The first kappa shape index (κ1) is 22.4. The van der Waals surface area contributed by atoms with E-state index >= 15 is 0 Å². The van der Waals surface area contributed by atoms with Gasteiger partial charge in [-0.1, -0.05) is 37.8 Å². The first-order chi connectivity index (χ1) is 13.0. The van der Waals surface area contributed by atoms with Gasteiger partial charge in [0.2, 0.25) is 0 Å². The van der Waals surface area contributed by atoms with E-state index in [9.17, 15) is 19.8 Å². The van der Waals surface area contributed by atoms with Crippen LogP contribution in [0, 0.1) is 11.8 Å². The molecular formula is C21H34O5S. The number of thioether (sulfide) groups is 1. The van der Waals surface area contributed by atoms with E-state index in [1.807, 2.05) is 12.2 Å². The van der Waals surface area contributed by atoms with Gasteiger partial charge >= 0.3 is 5.97 Å². The Kier molecular flexibility index (Phi) is 9.87. The zero-order chi connectivity index (χ0) is 19.6. The topological polar surface area (TPSA) is 83.8 Å². The molecule has 0 unspecified atom stereocenters. The number of hydrogen-bond donors (Lipinski definition) is 2. The van der Waals surface area contributed by atoms with Gasteiger partial charge in [-0.3, -0.25) is 9.59 Å². The molecule has 6 heteroatoms. The molecule has 0 heterocycles. The third-order valence-corrected chi connectivity index (χ3v) is 7.20. The Labute approximate surface area is 166 Å². The summed E-state index contributed by atoms with van der Waals surface area (Å²) in [7, 11) is 1.40. The largest absolute Gasteiger partial charge is 0.469 e. The van der Waals surface area contributed by atoms with Crippen LogP contribution in [0.4, 0.5) is 0 Å². The molecule has 0 spiro atoms. The summed E-state index contributed by atoms with van der Waals surface area (Å²) in [6, 6.07) is 0. The van der Waals surface area contributed by atoms with Crippen LogP contribution >= 0.6 is 11.8 Å². The fourth-order valence-corrected chi connectivity index (χ4v) is 5.44. The average molecular weight is 399 g/mol. The van der Waals surface area contributed by atoms with Gasteiger partial charge in [0.1, 0.15) is 5.78 Å². The van der Waals surface area contributed by atoms with Crippen molar-refractivity contribution in [2.75, 3.05) is 12.9 Å². The van der Waals surface area contributed by atoms with Gasteiger partial charge in [-0.25, -0.2) is 0 Å². The number of hydrogen-bond acceptors (Lipinski definition) is 6. The van der Waals surface area contributed by atoms with Gasteiger partial charge in [-0.15, -0.1) is 11.8 Å². The molecule has 2 fully saturated rings. The first-order valence-electron chi connectivity index (χ1n) is 10.3. The smallest absolute Gasteiger partial charge is 0.305 e. The molecule has 0 aliphatic heterocycles. The number of ketones is 1. The Morgan fingerprint density at radius 1 is 1.26 bits per heavy atom. The molecule has 2 saturated carbocycles.